The van der Waals surface area contributed by atoms with Crippen LogP contribution in [0.15, 0.2) is 53.7 Å². The first-order chi connectivity index (χ1) is 10.9. The van der Waals surface area contributed by atoms with Gasteiger partial charge in [-0.15, -0.1) is 11.8 Å². The van der Waals surface area contributed by atoms with Crippen LogP contribution in [0.5, 0.6) is 0 Å². The molecular weight excluding hydrogens is 290 g/mol. The van der Waals surface area contributed by atoms with Gasteiger partial charge in [0.05, 0.1) is 6.04 Å². The summed E-state index contributed by atoms with van der Waals surface area (Å²) in [6.45, 7) is 4.36. The highest BCUT2D eigenvalue weighted by Gasteiger charge is 2.23. The van der Waals surface area contributed by atoms with E-state index in [1.807, 2.05) is 18.5 Å². The van der Waals surface area contributed by atoms with Gasteiger partial charge in [0.1, 0.15) is 0 Å². The van der Waals surface area contributed by atoms with Crippen molar-refractivity contribution in [3.8, 4) is 0 Å². The average Bonchev–Trinajstić information content (AvgIpc) is 2.86. The molecule has 1 N–H and O–H groups in total. The average molecular weight is 313 g/mol. The lowest BCUT2D eigenvalue weighted by molar-refractivity contribution is 0.240. The highest BCUT2D eigenvalue weighted by atomic mass is 32.2. The van der Waals surface area contributed by atoms with Crippen LogP contribution in [0, 0.1) is 0 Å². The van der Waals surface area contributed by atoms with Crippen molar-refractivity contribution in [3.63, 3.8) is 0 Å². The maximum Gasteiger partial charge on any atom is 0.0617 e. The Morgan fingerprint density at radius 1 is 1.09 bits per heavy atom. The third-order valence-electron chi connectivity index (χ3n) is 4.17. The van der Waals surface area contributed by atoms with Gasteiger partial charge in [-0.2, -0.15) is 0 Å². The summed E-state index contributed by atoms with van der Waals surface area (Å²) in [6, 6.07) is 13.5. The summed E-state index contributed by atoms with van der Waals surface area (Å²) < 4.78 is 0. The second-order valence-electron chi connectivity index (χ2n) is 5.60. The lowest BCUT2D eigenvalue weighted by Gasteiger charge is -2.31. The van der Waals surface area contributed by atoms with Crippen molar-refractivity contribution < 1.29 is 0 Å². The standard InChI is InChI=1S/C18H23N3S/c1-22-17-7-5-15(6-8-17)18(16-4-2-9-20-14-16)21-12-3-10-19-11-13-21/h2,4-9,14,18-19H,3,10-13H2,1H3. The van der Waals surface area contributed by atoms with Gasteiger partial charge < -0.3 is 5.32 Å². The van der Waals surface area contributed by atoms with Gasteiger partial charge >= 0.3 is 0 Å². The lowest BCUT2D eigenvalue weighted by atomic mass is 9.98. The Morgan fingerprint density at radius 2 is 1.95 bits per heavy atom. The number of nitrogens with one attached hydrogen (secondary N) is 1. The summed E-state index contributed by atoms with van der Waals surface area (Å²) in [5.74, 6) is 0. The van der Waals surface area contributed by atoms with E-state index in [-0.39, 0.29) is 0 Å². The first-order valence-electron chi connectivity index (χ1n) is 7.87. The van der Waals surface area contributed by atoms with Gasteiger partial charge in [-0.25, -0.2) is 0 Å². The van der Waals surface area contributed by atoms with Crippen LogP contribution in [-0.4, -0.2) is 42.3 Å². The van der Waals surface area contributed by atoms with E-state index in [0.29, 0.717) is 6.04 Å². The smallest absolute Gasteiger partial charge is 0.0617 e. The van der Waals surface area contributed by atoms with E-state index in [4.69, 9.17) is 0 Å². The second-order valence-corrected chi connectivity index (χ2v) is 6.48. The molecule has 0 radical (unpaired) electrons. The lowest BCUT2D eigenvalue weighted by Crippen LogP contribution is -2.33. The normalized spacial score (nSPS) is 17.9. The number of nitrogens with zero attached hydrogens (tertiary/aromatic N) is 2. The molecule has 0 spiro atoms. The van der Waals surface area contributed by atoms with Crippen molar-refractivity contribution in [2.24, 2.45) is 0 Å². The molecule has 1 atom stereocenters. The largest absolute Gasteiger partial charge is 0.315 e. The van der Waals surface area contributed by atoms with E-state index in [2.05, 4.69) is 51.8 Å². The fourth-order valence-electron chi connectivity index (χ4n) is 3.06. The van der Waals surface area contributed by atoms with Crippen molar-refractivity contribution in [2.75, 3.05) is 32.4 Å². The van der Waals surface area contributed by atoms with E-state index in [1.54, 1.807) is 11.8 Å². The van der Waals surface area contributed by atoms with Crippen LogP contribution in [0.2, 0.25) is 0 Å². The predicted octanol–water partition coefficient (Wildman–Crippen LogP) is 3.19. The molecule has 2 aromatic rings. The van der Waals surface area contributed by atoms with E-state index in [1.165, 1.54) is 22.4 Å². The van der Waals surface area contributed by atoms with Crippen LogP contribution in [0.25, 0.3) is 0 Å². The summed E-state index contributed by atoms with van der Waals surface area (Å²) in [5.41, 5.74) is 2.63. The zero-order chi connectivity index (χ0) is 15.2. The number of hydrogen-bond donors (Lipinski definition) is 1. The fraction of sp³-hybridized carbons (Fsp3) is 0.389. The van der Waals surface area contributed by atoms with Crippen LogP contribution in [0.4, 0.5) is 0 Å². The summed E-state index contributed by atoms with van der Waals surface area (Å²) in [5, 5.41) is 3.49. The summed E-state index contributed by atoms with van der Waals surface area (Å²) in [7, 11) is 0. The Kier molecular flexibility index (Phi) is 5.48. The Balaban J connectivity index is 1.94. The topological polar surface area (TPSA) is 28.2 Å². The third kappa shape index (κ3) is 3.69. The first kappa shape index (κ1) is 15.5. The number of pyridine rings is 1. The van der Waals surface area contributed by atoms with Crippen LogP contribution in [-0.2, 0) is 0 Å². The maximum absolute atomic E-state index is 4.34. The summed E-state index contributed by atoms with van der Waals surface area (Å²) >= 11 is 1.79. The van der Waals surface area contributed by atoms with E-state index >= 15 is 0 Å². The molecule has 1 saturated heterocycles. The van der Waals surface area contributed by atoms with Gasteiger partial charge in [0.2, 0.25) is 0 Å². The molecule has 22 heavy (non-hydrogen) atoms. The van der Waals surface area contributed by atoms with Crippen molar-refractivity contribution in [1.29, 1.82) is 0 Å². The zero-order valence-electron chi connectivity index (χ0n) is 13.0. The summed E-state index contributed by atoms with van der Waals surface area (Å²) in [4.78, 5) is 8.22. The van der Waals surface area contributed by atoms with Gasteiger partial charge in [-0.1, -0.05) is 18.2 Å². The molecule has 1 aliphatic heterocycles. The van der Waals surface area contributed by atoms with E-state index < -0.39 is 0 Å². The van der Waals surface area contributed by atoms with Crippen LogP contribution in [0.3, 0.4) is 0 Å². The fourth-order valence-corrected chi connectivity index (χ4v) is 3.47. The summed E-state index contributed by atoms with van der Waals surface area (Å²) in [6.07, 6.45) is 7.17. The minimum absolute atomic E-state index is 0.296. The van der Waals surface area contributed by atoms with Crippen LogP contribution < -0.4 is 5.32 Å². The number of aromatic nitrogens is 1. The van der Waals surface area contributed by atoms with Gasteiger partial charge in [-0.05, 0) is 48.5 Å². The molecule has 1 unspecified atom stereocenters. The Labute approximate surface area is 137 Å². The molecule has 0 aliphatic carbocycles. The Morgan fingerprint density at radius 3 is 2.68 bits per heavy atom. The molecule has 2 heterocycles. The van der Waals surface area contributed by atoms with Crippen LogP contribution >= 0.6 is 11.8 Å². The third-order valence-corrected chi connectivity index (χ3v) is 4.92. The Hall–Kier alpha value is -1.36. The van der Waals surface area contributed by atoms with Crippen LogP contribution in [0.1, 0.15) is 23.6 Å². The quantitative estimate of drug-likeness (QED) is 0.878. The minimum Gasteiger partial charge on any atom is -0.315 e. The van der Waals surface area contributed by atoms with Gasteiger partial charge in [0.25, 0.3) is 0 Å². The molecule has 0 amide bonds. The van der Waals surface area contributed by atoms with E-state index in [9.17, 15) is 0 Å². The number of rotatable bonds is 4. The molecule has 116 valence electrons. The molecule has 1 aromatic heterocycles. The first-order valence-corrected chi connectivity index (χ1v) is 9.09. The van der Waals surface area contributed by atoms with Crippen molar-refractivity contribution in [1.82, 2.24) is 15.2 Å². The predicted molar refractivity (Wildman–Crippen MR) is 93.4 cm³/mol. The van der Waals surface area contributed by atoms with Crippen molar-refractivity contribution >= 4 is 11.8 Å². The Bertz CT molecular complexity index is 563. The number of thioether (sulfide) groups is 1. The maximum atomic E-state index is 4.34. The number of hydrogen-bond acceptors (Lipinski definition) is 4. The zero-order valence-corrected chi connectivity index (χ0v) is 13.9. The molecule has 1 aliphatic rings. The molecule has 3 rings (SSSR count). The highest BCUT2D eigenvalue weighted by Crippen LogP contribution is 2.29. The molecular formula is C18H23N3S. The SMILES string of the molecule is CSc1ccc(C(c2cccnc2)N2CCCNCC2)cc1. The monoisotopic (exact) mass is 313 g/mol. The molecule has 0 bridgehead atoms. The van der Waals surface area contributed by atoms with Crippen molar-refractivity contribution in [2.45, 2.75) is 17.4 Å². The second kappa shape index (κ2) is 7.77. The van der Waals surface area contributed by atoms with Gasteiger partial charge in [-0.3, -0.25) is 9.88 Å². The molecule has 1 fully saturated rings. The minimum atomic E-state index is 0.296. The van der Waals surface area contributed by atoms with Gasteiger partial charge in [0.15, 0.2) is 0 Å². The molecule has 3 nitrogen and oxygen atoms in total. The molecule has 0 saturated carbocycles. The molecule has 1 aromatic carbocycles. The van der Waals surface area contributed by atoms with Gasteiger partial charge in [0, 0.05) is 36.9 Å². The molecule has 4 heteroatoms. The highest BCUT2D eigenvalue weighted by molar-refractivity contribution is 7.98. The number of benzene rings is 1. The van der Waals surface area contributed by atoms with Crippen molar-refractivity contribution in [3.05, 3.63) is 59.9 Å². The van der Waals surface area contributed by atoms with E-state index in [0.717, 1.165) is 26.2 Å².